The van der Waals surface area contributed by atoms with Crippen LogP contribution in [0.5, 0.6) is 0 Å². The van der Waals surface area contributed by atoms with E-state index in [-0.39, 0.29) is 5.69 Å². The van der Waals surface area contributed by atoms with Gasteiger partial charge in [0.1, 0.15) is 0 Å². The molecule has 0 amide bonds. The number of hydrogen-bond donors (Lipinski definition) is 0. The summed E-state index contributed by atoms with van der Waals surface area (Å²) in [5, 5.41) is 10.3. The lowest BCUT2D eigenvalue weighted by Gasteiger charge is -1.95. The summed E-state index contributed by atoms with van der Waals surface area (Å²) < 4.78 is 0. The van der Waals surface area contributed by atoms with E-state index in [9.17, 15) is 10.1 Å². The van der Waals surface area contributed by atoms with Gasteiger partial charge in [-0.3, -0.25) is 10.1 Å². The molecule has 3 nitrogen and oxygen atoms in total. The minimum Gasteiger partial charge on any atom is -0.258 e. The van der Waals surface area contributed by atoms with Crippen LogP contribution in [0.25, 0.3) is 0 Å². The zero-order chi connectivity index (χ0) is 8.97. The molecular weight excluding hydrogens is 154 g/mol. The second-order valence-electron chi connectivity index (χ2n) is 2.46. The van der Waals surface area contributed by atoms with Crippen LogP contribution in [0, 0.1) is 16.5 Å². The van der Waals surface area contributed by atoms with Gasteiger partial charge in [0.05, 0.1) is 4.92 Å². The van der Waals surface area contributed by atoms with E-state index in [1.165, 1.54) is 12.1 Å². The van der Waals surface area contributed by atoms with Crippen LogP contribution in [0.1, 0.15) is 18.9 Å². The molecule has 1 aromatic carbocycles. The van der Waals surface area contributed by atoms with Gasteiger partial charge in [-0.1, -0.05) is 19.1 Å². The average molecular weight is 164 g/mol. The van der Waals surface area contributed by atoms with Gasteiger partial charge in [-0.15, -0.1) is 0 Å². The molecule has 0 heterocycles. The number of nitrogens with zero attached hydrogens (tertiary/aromatic N) is 1. The van der Waals surface area contributed by atoms with Crippen LogP contribution in [-0.4, -0.2) is 4.92 Å². The number of non-ortho nitro benzene ring substituents is 1. The molecule has 0 aliphatic carbocycles. The van der Waals surface area contributed by atoms with Gasteiger partial charge < -0.3 is 0 Å². The Labute approximate surface area is 71.2 Å². The van der Waals surface area contributed by atoms with E-state index < -0.39 is 4.92 Å². The molecule has 1 rings (SSSR count). The fourth-order valence-electron chi connectivity index (χ4n) is 0.968. The standard InChI is InChI=1S/C9H10NO2/c1-2-3-8-4-6-9(7-5-8)10(11)12/h3-7H,2H2,1H3. The van der Waals surface area contributed by atoms with Gasteiger partial charge >= 0.3 is 0 Å². The van der Waals surface area contributed by atoms with Gasteiger partial charge in [0, 0.05) is 12.1 Å². The highest BCUT2D eigenvalue weighted by Gasteiger charge is 2.02. The molecule has 1 aromatic rings. The summed E-state index contributed by atoms with van der Waals surface area (Å²) in [7, 11) is 0. The van der Waals surface area contributed by atoms with Crippen LogP contribution < -0.4 is 0 Å². The predicted molar refractivity (Wildman–Crippen MR) is 46.8 cm³/mol. The predicted octanol–water partition coefficient (Wildman–Crippen LogP) is 2.56. The molecule has 12 heavy (non-hydrogen) atoms. The van der Waals surface area contributed by atoms with Crippen LogP contribution in [-0.2, 0) is 0 Å². The lowest BCUT2D eigenvalue weighted by atomic mass is 10.1. The first-order chi connectivity index (χ1) is 5.74. The van der Waals surface area contributed by atoms with Gasteiger partial charge in [0.25, 0.3) is 5.69 Å². The lowest BCUT2D eigenvalue weighted by molar-refractivity contribution is -0.384. The van der Waals surface area contributed by atoms with Crippen LogP contribution >= 0.6 is 0 Å². The average Bonchev–Trinajstić information content (AvgIpc) is 2.06. The van der Waals surface area contributed by atoms with Crippen molar-refractivity contribution >= 4 is 5.69 Å². The minimum atomic E-state index is -0.393. The summed E-state index contributed by atoms with van der Waals surface area (Å²) in [6.45, 7) is 2.03. The minimum absolute atomic E-state index is 0.142. The van der Waals surface area contributed by atoms with Crippen LogP contribution in [0.3, 0.4) is 0 Å². The Bertz CT molecular complexity index is 266. The maximum Gasteiger partial charge on any atom is 0.269 e. The summed E-state index contributed by atoms with van der Waals surface area (Å²) in [5.41, 5.74) is 1.17. The number of nitro benzene ring substituents is 1. The molecule has 3 heteroatoms. The van der Waals surface area contributed by atoms with Crippen molar-refractivity contribution < 1.29 is 4.92 Å². The van der Waals surface area contributed by atoms with Gasteiger partial charge in [-0.05, 0) is 18.4 Å². The first-order valence-electron chi connectivity index (χ1n) is 3.81. The van der Waals surface area contributed by atoms with E-state index >= 15 is 0 Å². The molecular formula is C9H10NO2. The monoisotopic (exact) mass is 164 g/mol. The van der Waals surface area contributed by atoms with Crippen molar-refractivity contribution in [3.63, 3.8) is 0 Å². The van der Waals surface area contributed by atoms with Crippen LogP contribution in [0.15, 0.2) is 24.3 Å². The van der Waals surface area contributed by atoms with E-state index in [4.69, 9.17) is 0 Å². The van der Waals surface area contributed by atoms with Crippen molar-refractivity contribution in [3.8, 4) is 0 Å². The molecule has 63 valence electrons. The number of hydrogen-bond acceptors (Lipinski definition) is 2. The Morgan fingerprint density at radius 2 is 2.00 bits per heavy atom. The van der Waals surface area contributed by atoms with E-state index in [2.05, 4.69) is 0 Å². The Morgan fingerprint density at radius 3 is 2.42 bits per heavy atom. The maximum absolute atomic E-state index is 10.3. The number of benzene rings is 1. The molecule has 0 aliphatic heterocycles. The van der Waals surface area contributed by atoms with Crippen LogP contribution in [0.4, 0.5) is 5.69 Å². The highest BCUT2D eigenvalue weighted by atomic mass is 16.6. The Balaban J connectivity index is 2.78. The molecule has 0 aliphatic rings. The molecule has 0 atom stereocenters. The summed E-state index contributed by atoms with van der Waals surface area (Å²) in [5.74, 6) is 0. The fraction of sp³-hybridized carbons (Fsp3) is 0.222. The van der Waals surface area contributed by atoms with Gasteiger partial charge in [-0.2, -0.15) is 0 Å². The summed E-state index contributed by atoms with van der Waals surface area (Å²) in [6, 6.07) is 6.53. The molecule has 0 bridgehead atoms. The molecule has 0 fully saturated rings. The quantitative estimate of drug-likeness (QED) is 0.509. The lowest BCUT2D eigenvalue weighted by Crippen LogP contribution is -1.87. The normalized spacial score (nSPS) is 9.75. The molecule has 0 aromatic heterocycles. The highest BCUT2D eigenvalue weighted by molar-refractivity contribution is 5.35. The molecule has 0 unspecified atom stereocenters. The van der Waals surface area contributed by atoms with Gasteiger partial charge in [0.2, 0.25) is 0 Å². The topological polar surface area (TPSA) is 43.1 Å². The smallest absolute Gasteiger partial charge is 0.258 e. The third kappa shape index (κ3) is 2.05. The van der Waals surface area contributed by atoms with E-state index in [1.54, 1.807) is 12.1 Å². The highest BCUT2D eigenvalue weighted by Crippen LogP contribution is 2.13. The van der Waals surface area contributed by atoms with E-state index in [0.717, 1.165) is 12.0 Å². The number of rotatable bonds is 3. The Hall–Kier alpha value is -1.38. The summed E-state index contributed by atoms with van der Waals surface area (Å²) >= 11 is 0. The molecule has 0 spiro atoms. The first-order valence-corrected chi connectivity index (χ1v) is 3.81. The molecule has 0 saturated carbocycles. The summed E-state index contributed by atoms with van der Waals surface area (Å²) in [4.78, 5) is 9.87. The largest absolute Gasteiger partial charge is 0.269 e. The van der Waals surface area contributed by atoms with E-state index in [1.807, 2.05) is 13.3 Å². The van der Waals surface area contributed by atoms with Crippen molar-refractivity contribution in [2.75, 3.05) is 0 Å². The maximum atomic E-state index is 10.3. The Kier molecular flexibility index (Phi) is 2.80. The van der Waals surface area contributed by atoms with Crippen molar-refractivity contribution in [3.05, 3.63) is 46.4 Å². The van der Waals surface area contributed by atoms with E-state index in [0.29, 0.717) is 0 Å². The second-order valence-corrected chi connectivity index (χ2v) is 2.46. The van der Waals surface area contributed by atoms with Crippen molar-refractivity contribution in [1.29, 1.82) is 0 Å². The zero-order valence-electron chi connectivity index (χ0n) is 6.86. The molecule has 0 N–H and O–H groups in total. The first kappa shape index (κ1) is 8.71. The van der Waals surface area contributed by atoms with Crippen molar-refractivity contribution in [1.82, 2.24) is 0 Å². The SMILES string of the molecule is CC[CH]c1ccc([N+](=O)[O-])cc1. The van der Waals surface area contributed by atoms with Crippen molar-refractivity contribution in [2.45, 2.75) is 13.3 Å². The van der Waals surface area contributed by atoms with Gasteiger partial charge in [-0.25, -0.2) is 0 Å². The van der Waals surface area contributed by atoms with Crippen LogP contribution in [0.2, 0.25) is 0 Å². The molecule has 1 radical (unpaired) electrons. The number of nitro groups is 1. The Morgan fingerprint density at radius 1 is 1.42 bits per heavy atom. The fourth-order valence-corrected chi connectivity index (χ4v) is 0.968. The molecule has 0 saturated heterocycles. The third-order valence-electron chi connectivity index (χ3n) is 1.54. The summed E-state index contributed by atoms with van der Waals surface area (Å²) in [6.07, 6.45) is 2.96. The third-order valence-corrected chi connectivity index (χ3v) is 1.54. The zero-order valence-corrected chi connectivity index (χ0v) is 6.86. The second kappa shape index (κ2) is 3.85. The van der Waals surface area contributed by atoms with Crippen molar-refractivity contribution in [2.24, 2.45) is 0 Å². The van der Waals surface area contributed by atoms with Gasteiger partial charge in [0.15, 0.2) is 0 Å².